The van der Waals surface area contributed by atoms with Gasteiger partial charge in [0.2, 0.25) is 0 Å². The van der Waals surface area contributed by atoms with Crippen molar-refractivity contribution >= 4 is 10.0 Å². The standard InChI is InChI=1S/C13H25N5O2S/c1-3-4-17-11-13(9-12(17)10-14)21(19,20)15-18-7-5-16(2)6-8-18/h9,11,15H,3-8,10,14H2,1-2H3. The smallest absolute Gasteiger partial charge is 0.254 e. The minimum absolute atomic E-state index is 0.287. The van der Waals surface area contributed by atoms with E-state index in [1.54, 1.807) is 17.3 Å². The van der Waals surface area contributed by atoms with Crippen molar-refractivity contribution in [2.75, 3.05) is 33.2 Å². The van der Waals surface area contributed by atoms with E-state index in [4.69, 9.17) is 5.73 Å². The third-order valence-electron chi connectivity index (χ3n) is 3.70. The summed E-state index contributed by atoms with van der Waals surface area (Å²) in [6.45, 7) is 6.25. The molecule has 8 heteroatoms. The third-order valence-corrected chi connectivity index (χ3v) is 5.04. The Hall–Kier alpha value is -0.930. The zero-order valence-electron chi connectivity index (χ0n) is 12.7. The van der Waals surface area contributed by atoms with Crippen LogP contribution in [0, 0.1) is 0 Å². The molecule has 120 valence electrons. The van der Waals surface area contributed by atoms with Crippen molar-refractivity contribution in [2.24, 2.45) is 5.73 Å². The molecule has 2 heterocycles. The lowest BCUT2D eigenvalue weighted by Gasteiger charge is -2.31. The highest BCUT2D eigenvalue weighted by Crippen LogP contribution is 2.15. The fourth-order valence-corrected chi connectivity index (χ4v) is 3.60. The van der Waals surface area contributed by atoms with E-state index in [-0.39, 0.29) is 4.90 Å². The lowest BCUT2D eigenvalue weighted by molar-refractivity contribution is 0.135. The van der Waals surface area contributed by atoms with Crippen molar-refractivity contribution in [1.82, 2.24) is 19.3 Å². The predicted octanol–water partition coefficient (Wildman–Crippen LogP) is -0.202. The molecule has 0 saturated carbocycles. The summed E-state index contributed by atoms with van der Waals surface area (Å²) < 4.78 is 26.8. The summed E-state index contributed by atoms with van der Waals surface area (Å²) in [5.41, 5.74) is 6.53. The van der Waals surface area contributed by atoms with Crippen LogP contribution in [0.2, 0.25) is 0 Å². The van der Waals surface area contributed by atoms with Gasteiger partial charge in [-0.2, -0.15) is 0 Å². The number of hydrogen-bond acceptors (Lipinski definition) is 5. The summed E-state index contributed by atoms with van der Waals surface area (Å²) in [5.74, 6) is 0. The molecule has 0 aliphatic carbocycles. The topological polar surface area (TPSA) is 83.6 Å². The first-order valence-electron chi connectivity index (χ1n) is 7.31. The van der Waals surface area contributed by atoms with E-state index in [9.17, 15) is 8.42 Å². The normalized spacial score (nSPS) is 18.2. The lowest BCUT2D eigenvalue weighted by Crippen LogP contribution is -2.52. The summed E-state index contributed by atoms with van der Waals surface area (Å²) >= 11 is 0. The van der Waals surface area contributed by atoms with Crippen LogP contribution in [0.3, 0.4) is 0 Å². The average Bonchev–Trinajstić information content (AvgIpc) is 2.86. The molecule has 0 atom stereocenters. The molecule has 1 aliphatic heterocycles. The van der Waals surface area contributed by atoms with Gasteiger partial charge < -0.3 is 15.2 Å². The summed E-state index contributed by atoms with van der Waals surface area (Å²) in [6, 6.07) is 1.66. The van der Waals surface area contributed by atoms with E-state index in [1.165, 1.54) is 0 Å². The first-order valence-corrected chi connectivity index (χ1v) is 8.79. The zero-order valence-corrected chi connectivity index (χ0v) is 13.6. The molecule has 0 spiro atoms. The second-order valence-electron chi connectivity index (χ2n) is 5.45. The number of nitrogens with one attached hydrogen (secondary N) is 1. The first-order chi connectivity index (χ1) is 9.96. The molecule has 1 aliphatic rings. The Bertz CT molecular complexity index is 561. The summed E-state index contributed by atoms with van der Waals surface area (Å²) in [4.78, 5) is 5.13. The molecule has 1 fully saturated rings. The molecule has 0 aromatic carbocycles. The molecule has 0 radical (unpaired) electrons. The molecule has 21 heavy (non-hydrogen) atoms. The Morgan fingerprint density at radius 3 is 2.52 bits per heavy atom. The van der Waals surface area contributed by atoms with Crippen molar-refractivity contribution in [1.29, 1.82) is 0 Å². The monoisotopic (exact) mass is 315 g/mol. The molecule has 1 saturated heterocycles. The predicted molar refractivity (Wildman–Crippen MR) is 82.0 cm³/mol. The van der Waals surface area contributed by atoms with Gasteiger partial charge in [-0.15, -0.1) is 4.83 Å². The quantitative estimate of drug-likeness (QED) is 0.759. The second kappa shape index (κ2) is 6.89. The van der Waals surface area contributed by atoms with Crippen molar-refractivity contribution in [2.45, 2.75) is 31.3 Å². The maximum Gasteiger partial charge on any atom is 0.254 e. The minimum Gasteiger partial charge on any atom is -0.349 e. The van der Waals surface area contributed by atoms with E-state index >= 15 is 0 Å². The Kier molecular flexibility index (Phi) is 5.39. The van der Waals surface area contributed by atoms with Gasteiger partial charge in [-0.3, -0.25) is 0 Å². The summed E-state index contributed by atoms with van der Waals surface area (Å²) in [6.07, 6.45) is 2.61. The highest BCUT2D eigenvalue weighted by Gasteiger charge is 2.23. The molecule has 0 amide bonds. The van der Waals surface area contributed by atoms with Gasteiger partial charge in [-0.25, -0.2) is 13.4 Å². The maximum absolute atomic E-state index is 12.4. The number of hydrazine groups is 1. The van der Waals surface area contributed by atoms with Crippen LogP contribution < -0.4 is 10.6 Å². The fraction of sp³-hybridized carbons (Fsp3) is 0.692. The molecule has 1 aromatic heterocycles. The van der Waals surface area contributed by atoms with Crippen molar-refractivity contribution in [3.63, 3.8) is 0 Å². The average molecular weight is 315 g/mol. The third kappa shape index (κ3) is 4.04. The Labute approximate surface area is 126 Å². The van der Waals surface area contributed by atoms with E-state index < -0.39 is 10.0 Å². The van der Waals surface area contributed by atoms with Crippen molar-refractivity contribution < 1.29 is 8.42 Å². The fourth-order valence-electron chi connectivity index (χ4n) is 2.41. The molecule has 1 aromatic rings. The van der Waals surface area contributed by atoms with Crippen LogP contribution in [0.25, 0.3) is 0 Å². The van der Waals surface area contributed by atoms with Gasteiger partial charge in [0.05, 0.1) is 0 Å². The lowest BCUT2D eigenvalue weighted by atomic mass is 10.4. The Balaban J connectivity index is 2.12. The SMILES string of the molecule is CCCn1cc(S(=O)(=O)NN2CCN(C)CC2)cc1CN. The number of aromatic nitrogens is 1. The number of nitrogens with zero attached hydrogens (tertiary/aromatic N) is 3. The number of rotatable bonds is 6. The molecular weight excluding hydrogens is 290 g/mol. The molecule has 7 nitrogen and oxygen atoms in total. The zero-order chi connectivity index (χ0) is 15.5. The van der Waals surface area contributed by atoms with Crippen LogP contribution in [0.5, 0.6) is 0 Å². The van der Waals surface area contributed by atoms with Crippen molar-refractivity contribution in [3.05, 3.63) is 18.0 Å². The van der Waals surface area contributed by atoms with Gasteiger partial charge in [0.25, 0.3) is 10.0 Å². The molecular formula is C13H25N5O2S. The maximum atomic E-state index is 12.4. The van der Waals surface area contributed by atoms with Gasteiger partial charge in [0.15, 0.2) is 0 Å². The minimum atomic E-state index is -3.53. The van der Waals surface area contributed by atoms with Crippen molar-refractivity contribution in [3.8, 4) is 0 Å². The highest BCUT2D eigenvalue weighted by atomic mass is 32.2. The number of aryl methyl sites for hydroxylation is 1. The largest absolute Gasteiger partial charge is 0.349 e. The van der Waals surface area contributed by atoms with E-state index in [0.29, 0.717) is 19.6 Å². The van der Waals surface area contributed by atoms with Gasteiger partial charge in [0.1, 0.15) is 4.90 Å². The second-order valence-corrected chi connectivity index (χ2v) is 7.11. The van der Waals surface area contributed by atoms with Gasteiger partial charge >= 0.3 is 0 Å². The first kappa shape index (κ1) is 16.4. The van der Waals surface area contributed by atoms with Crippen LogP contribution in [-0.4, -0.2) is 56.1 Å². The highest BCUT2D eigenvalue weighted by molar-refractivity contribution is 7.89. The van der Waals surface area contributed by atoms with Crippen LogP contribution in [0.1, 0.15) is 19.0 Å². The number of hydrogen-bond donors (Lipinski definition) is 2. The number of piperazine rings is 1. The molecule has 2 rings (SSSR count). The summed E-state index contributed by atoms with van der Waals surface area (Å²) in [5, 5.41) is 1.76. The van der Waals surface area contributed by atoms with Gasteiger partial charge in [0, 0.05) is 51.2 Å². The van der Waals surface area contributed by atoms with E-state index in [0.717, 1.165) is 31.7 Å². The molecule has 0 unspecified atom stereocenters. The van der Waals surface area contributed by atoms with Crippen LogP contribution in [-0.2, 0) is 23.1 Å². The number of nitrogens with two attached hydrogens (primary N) is 1. The van der Waals surface area contributed by atoms with E-state index in [2.05, 4.69) is 16.7 Å². The van der Waals surface area contributed by atoms with E-state index in [1.807, 2.05) is 11.6 Å². The Morgan fingerprint density at radius 2 is 1.95 bits per heavy atom. The van der Waals surface area contributed by atoms with Gasteiger partial charge in [-0.05, 0) is 19.5 Å². The number of sulfonamides is 1. The number of likely N-dealkylation sites (N-methyl/N-ethyl adjacent to an activating group) is 1. The molecule has 3 N–H and O–H groups in total. The Morgan fingerprint density at radius 1 is 1.29 bits per heavy atom. The van der Waals surface area contributed by atoms with Crippen LogP contribution in [0.4, 0.5) is 0 Å². The van der Waals surface area contributed by atoms with Crippen LogP contribution in [0.15, 0.2) is 17.2 Å². The van der Waals surface area contributed by atoms with Crippen LogP contribution >= 0.6 is 0 Å². The summed E-state index contributed by atoms with van der Waals surface area (Å²) in [7, 11) is -1.49. The van der Waals surface area contributed by atoms with Gasteiger partial charge in [-0.1, -0.05) is 6.92 Å². The molecule has 0 bridgehead atoms.